The molecule has 1 N–H and O–H groups in total. The van der Waals surface area contributed by atoms with E-state index in [-0.39, 0.29) is 0 Å². The molecular formula is C13H25NS. The fourth-order valence-corrected chi connectivity index (χ4v) is 3.96. The summed E-state index contributed by atoms with van der Waals surface area (Å²) in [6.07, 6.45) is 8.42. The van der Waals surface area contributed by atoms with Gasteiger partial charge >= 0.3 is 0 Å². The van der Waals surface area contributed by atoms with E-state index in [2.05, 4.69) is 30.9 Å². The van der Waals surface area contributed by atoms with E-state index in [0.29, 0.717) is 5.54 Å². The monoisotopic (exact) mass is 227 g/mol. The maximum atomic E-state index is 3.93. The highest BCUT2D eigenvalue weighted by atomic mass is 32.2. The normalized spacial score (nSPS) is 42.8. The quantitative estimate of drug-likeness (QED) is 0.775. The Morgan fingerprint density at radius 1 is 1.20 bits per heavy atom. The molecule has 2 fully saturated rings. The molecule has 2 aliphatic rings. The molecular weight excluding hydrogens is 202 g/mol. The van der Waals surface area contributed by atoms with Crippen molar-refractivity contribution in [3.05, 3.63) is 0 Å². The Morgan fingerprint density at radius 2 is 1.93 bits per heavy atom. The van der Waals surface area contributed by atoms with E-state index in [4.69, 9.17) is 0 Å². The molecule has 1 heterocycles. The summed E-state index contributed by atoms with van der Waals surface area (Å²) in [5, 5.41) is 3.93. The number of nitrogens with one attached hydrogen (secondary N) is 1. The van der Waals surface area contributed by atoms with Crippen molar-refractivity contribution in [2.75, 3.05) is 11.5 Å². The third-order valence-corrected chi connectivity index (χ3v) is 5.31. The fraction of sp³-hybridized carbons (Fsp3) is 1.00. The van der Waals surface area contributed by atoms with Gasteiger partial charge in [-0.25, -0.2) is 0 Å². The first-order valence-corrected chi connectivity index (χ1v) is 7.69. The summed E-state index contributed by atoms with van der Waals surface area (Å²) in [6, 6.07) is 0.794. The van der Waals surface area contributed by atoms with Gasteiger partial charge in [-0.15, -0.1) is 0 Å². The van der Waals surface area contributed by atoms with Crippen molar-refractivity contribution in [1.29, 1.82) is 0 Å². The predicted octanol–water partition coefficient (Wildman–Crippen LogP) is 3.44. The summed E-state index contributed by atoms with van der Waals surface area (Å²) >= 11 is 2.13. The Labute approximate surface area is 98.8 Å². The molecule has 0 aromatic heterocycles. The molecule has 1 aliphatic carbocycles. The number of thioether (sulfide) groups is 1. The SMILES string of the molecule is CC1CCC(C)(NC2CCCSC2)CC1. The van der Waals surface area contributed by atoms with Crippen LogP contribution in [0.1, 0.15) is 52.4 Å². The van der Waals surface area contributed by atoms with Crippen molar-refractivity contribution < 1.29 is 0 Å². The molecule has 0 aromatic carbocycles. The van der Waals surface area contributed by atoms with Crippen molar-refractivity contribution in [3.8, 4) is 0 Å². The van der Waals surface area contributed by atoms with Gasteiger partial charge in [0, 0.05) is 17.3 Å². The van der Waals surface area contributed by atoms with Crippen molar-refractivity contribution in [2.24, 2.45) is 5.92 Å². The number of rotatable bonds is 2. The number of hydrogen-bond donors (Lipinski definition) is 1. The Kier molecular flexibility index (Phi) is 4.00. The maximum Gasteiger partial charge on any atom is 0.0163 e. The lowest BCUT2D eigenvalue weighted by molar-refractivity contribution is 0.195. The third-order valence-electron chi connectivity index (χ3n) is 4.09. The molecule has 1 saturated carbocycles. The van der Waals surface area contributed by atoms with Crippen LogP contribution in [-0.4, -0.2) is 23.1 Å². The topological polar surface area (TPSA) is 12.0 Å². The average molecular weight is 227 g/mol. The van der Waals surface area contributed by atoms with Gasteiger partial charge in [-0.05, 0) is 57.1 Å². The van der Waals surface area contributed by atoms with Crippen LogP contribution in [0.3, 0.4) is 0 Å². The van der Waals surface area contributed by atoms with Gasteiger partial charge in [0.05, 0.1) is 0 Å². The molecule has 1 atom stereocenters. The summed E-state index contributed by atoms with van der Waals surface area (Å²) < 4.78 is 0. The smallest absolute Gasteiger partial charge is 0.0163 e. The standard InChI is InChI=1S/C13H25NS/c1-11-5-7-13(2,8-6-11)14-12-4-3-9-15-10-12/h11-12,14H,3-10H2,1-2H3. The van der Waals surface area contributed by atoms with Crippen LogP contribution in [0.4, 0.5) is 0 Å². The second-order valence-corrected chi connectivity index (χ2v) is 6.95. The van der Waals surface area contributed by atoms with Gasteiger partial charge in [0.25, 0.3) is 0 Å². The van der Waals surface area contributed by atoms with Crippen LogP contribution in [0.5, 0.6) is 0 Å². The fourth-order valence-electron chi connectivity index (χ4n) is 2.89. The molecule has 1 aliphatic heterocycles. The highest BCUT2D eigenvalue weighted by Gasteiger charge is 2.31. The second kappa shape index (κ2) is 5.09. The minimum Gasteiger partial charge on any atom is -0.308 e. The number of hydrogen-bond acceptors (Lipinski definition) is 2. The van der Waals surface area contributed by atoms with Crippen LogP contribution in [0.15, 0.2) is 0 Å². The third kappa shape index (κ3) is 3.39. The molecule has 0 spiro atoms. The zero-order valence-corrected chi connectivity index (χ0v) is 11.0. The first-order valence-electron chi connectivity index (χ1n) is 6.53. The van der Waals surface area contributed by atoms with Crippen molar-refractivity contribution in [3.63, 3.8) is 0 Å². The molecule has 1 nitrogen and oxygen atoms in total. The van der Waals surface area contributed by atoms with E-state index in [1.54, 1.807) is 0 Å². The molecule has 0 bridgehead atoms. The van der Waals surface area contributed by atoms with E-state index < -0.39 is 0 Å². The van der Waals surface area contributed by atoms with E-state index in [0.717, 1.165) is 12.0 Å². The Hall–Kier alpha value is 0.310. The summed E-state index contributed by atoms with van der Waals surface area (Å²) in [4.78, 5) is 0. The zero-order valence-electron chi connectivity index (χ0n) is 10.2. The molecule has 15 heavy (non-hydrogen) atoms. The lowest BCUT2D eigenvalue weighted by atomic mass is 9.78. The van der Waals surface area contributed by atoms with Crippen LogP contribution in [0.2, 0.25) is 0 Å². The van der Waals surface area contributed by atoms with Gasteiger partial charge in [-0.3, -0.25) is 0 Å². The predicted molar refractivity (Wildman–Crippen MR) is 69.5 cm³/mol. The van der Waals surface area contributed by atoms with Crippen molar-refractivity contribution >= 4 is 11.8 Å². The summed E-state index contributed by atoms with van der Waals surface area (Å²) in [5.74, 6) is 3.68. The van der Waals surface area contributed by atoms with E-state index in [1.807, 2.05) is 0 Å². The Morgan fingerprint density at radius 3 is 2.53 bits per heavy atom. The van der Waals surface area contributed by atoms with Crippen LogP contribution >= 0.6 is 11.8 Å². The average Bonchev–Trinajstić information content (AvgIpc) is 2.24. The summed E-state index contributed by atoms with van der Waals surface area (Å²) in [5.41, 5.74) is 0.453. The van der Waals surface area contributed by atoms with Crippen LogP contribution < -0.4 is 5.32 Å². The molecule has 1 saturated heterocycles. The lowest BCUT2D eigenvalue weighted by Gasteiger charge is -2.41. The van der Waals surface area contributed by atoms with Crippen LogP contribution in [0, 0.1) is 5.92 Å². The van der Waals surface area contributed by atoms with Gasteiger partial charge in [-0.1, -0.05) is 6.92 Å². The first kappa shape index (κ1) is 11.8. The minimum atomic E-state index is 0.453. The van der Waals surface area contributed by atoms with Crippen LogP contribution in [0.25, 0.3) is 0 Å². The van der Waals surface area contributed by atoms with Gasteiger partial charge < -0.3 is 5.32 Å². The van der Waals surface area contributed by atoms with E-state index in [9.17, 15) is 0 Å². The Balaban J connectivity index is 1.81. The van der Waals surface area contributed by atoms with Crippen molar-refractivity contribution in [1.82, 2.24) is 5.32 Å². The Bertz CT molecular complexity index is 191. The molecule has 2 heteroatoms. The van der Waals surface area contributed by atoms with E-state index in [1.165, 1.54) is 50.0 Å². The summed E-state index contributed by atoms with van der Waals surface area (Å²) in [7, 11) is 0. The van der Waals surface area contributed by atoms with Crippen LogP contribution in [-0.2, 0) is 0 Å². The van der Waals surface area contributed by atoms with Gasteiger partial charge in [0.1, 0.15) is 0 Å². The summed E-state index contributed by atoms with van der Waals surface area (Å²) in [6.45, 7) is 4.84. The molecule has 0 aromatic rings. The molecule has 2 rings (SSSR count). The van der Waals surface area contributed by atoms with E-state index >= 15 is 0 Å². The molecule has 88 valence electrons. The van der Waals surface area contributed by atoms with Crippen molar-refractivity contribution in [2.45, 2.75) is 64.0 Å². The van der Waals surface area contributed by atoms with Gasteiger partial charge in [-0.2, -0.15) is 11.8 Å². The minimum absolute atomic E-state index is 0.453. The zero-order chi connectivity index (χ0) is 10.7. The van der Waals surface area contributed by atoms with Gasteiger partial charge in [0.2, 0.25) is 0 Å². The lowest BCUT2D eigenvalue weighted by Crippen LogP contribution is -2.51. The molecule has 0 amide bonds. The highest BCUT2D eigenvalue weighted by molar-refractivity contribution is 7.99. The second-order valence-electron chi connectivity index (χ2n) is 5.80. The molecule has 1 unspecified atom stereocenters. The van der Waals surface area contributed by atoms with Gasteiger partial charge in [0.15, 0.2) is 0 Å². The highest BCUT2D eigenvalue weighted by Crippen LogP contribution is 2.32. The maximum absolute atomic E-state index is 3.93. The largest absolute Gasteiger partial charge is 0.308 e. The first-order chi connectivity index (χ1) is 7.18. The molecule has 0 radical (unpaired) electrons.